The lowest BCUT2D eigenvalue weighted by molar-refractivity contribution is 0.715. The molecule has 0 aliphatic rings. The number of hydrogen-bond donors (Lipinski definition) is 1. The Balaban J connectivity index is 2.01. The number of nitrogens with one attached hydrogen (secondary N) is 1. The minimum atomic E-state index is 0.210. The Labute approximate surface area is 143 Å². The summed E-state index contributed by atoms with van der Waals surface area (Å²) >= 11 is 0. The molecule has 3 aromatic rings. The van der Waals surface area contributed by atoms with Crippen molar-refractivity contribution in [3.05, 3.63) is 76.9 Å². The zero-order valence-electron chi connectivity index (χ0n) is 14.7. The van der Waals surface area contributed by atoms with E-state index < -0.39 is 0 Å². The maximum Gasteiger partial charge on any atom is 0.131 e. The summed E-state index contributed by atoms with van der Waals surface area (Å²) in [6.07, 6.45) is 6.35. The van der Waals surface area contributed by atoms with Crippen LogP contribution in [-0.2, 0) is 6.42 Å². The molecule has 0 radical (unpaired) electrons. The van der Waals surface area contributed by atoms with Crippen molar-refractivity contribution in [2.45, 2.75) is 46.0 Å². The molecule has 0 amide bonds. The van der Waals surface area contributed by atoms with E-state index in [4.69, 9.17) is 4.98 Å². The average molecular weight is 320 g/mol. The number of H-pyrrole nitrogens is 1. The van der Waals surface area contributed by atoms with Crippen molar-refractivity contribution >= 4 is 0 Å². The molecule has 0 spiro atoms. The van der Waals surface area contributed by atoms with Crippen molar-refractivity contribution in [1.29, 1.82) is 0 Å². The second kappa shape index (κ2) is 6.95. The van der Waals surface area contributed by atoms with Crippen LogP contribution in [0.5, 0.6) is 0 Å². The van der Waals surface area contributed by atoms with E-state index in [-0.39, 0.29) is 5.92 Å². The monoisotopic (exact) mass is 320 g/mol. The normalized spacial score (nSPS) is 12.5. The molecule has 0 bridgehead atoms. The van der Waals surface area contributed by atoms with Gasteiger partial charge in [-0.3, -0.25) is 0 Å². The van der Waals surface area contributed by atoms with E-state index in [1.165, 1.54) is 16.7 Å². The van der Waals surface area contributed by atoms with E-state index in [9.17, 15) is 0 Å². The SMILES string of the molecule is Cc1cccc(C(Cc2ccnc(C(C)C)n2)c2cnc[nH]2)c1C. The van der Waals surface area contributed by atoms with Gasteiger partial charge in [-0.2, -0.15) is 0 Å². The third-order valence-electron chi connectivity index (χ3n) is 4.58. The van der Waals surface area contributed by atoms with Crippen LogP contribution >= 0.6 is 0 Å². The second-order valence-electron chi connectivity index (χ2n) is 6.61. The highest BCUT2D eigenvalue weighted by atomic mass is 14.9. The highest BCUT2D eigenvalue weighted by Crippen LogP contribution is 2.30. The Morgan fingerprint density at radius 1 is 1.12 bits per heavy atom. The van der Waals surface area contributed by atoms with Crippen molar-refractivity contribution in [2.24, 2.45) is 0 Å². The van der Waals surface area contributed by atoms with Crippen LogP contribution in [-0.4, -0.2) is 19.9 Å². The minimum absolute atomic E-state index is 0.210. The number of aryl methyl sites for hydroxylation is 1. The summed E-state index contributed by atoms with van der Waals surface area (Å²) in [5, 5.41) is 0. The van der Waals surface area contributed by atoms with E-state index in [2.05, 4.69) is 60.8 Å². The van der Waals surface area contributed by atoms with Gasteiger partial charge in [-0.1, -0.05) is 32.0 Å². The third-order valence-corrected chi connectivity index (χ3v) is 4.58. The van der Waals surface area contributed by atoms with Gasteiger partial charge in [0.25, 0.3) is 0 Å². The molecule has 1 atom stereocenters. The van der Waals surface area contributed by atoms with Crippen LogP contribution in [0.1, 0.15) is 59.6 Å². The van der Waals surface area contributed by atoms with Gasteiger partial charge in [-0.15, -0.1) is 0 Å². The predicted octanol–water partition coefficient (Wildman–Crippen LogP) is 4.31. The number of aromatic amines is 1. The van der Waals surface area contributed by atoms with Gasteiger partial charge >= 0.3 is 0 Å². The maximum absolute atomic E-state index is 4.75. The lowest BCUT2D eigenvalue weighted by atomic mass is 9.87. The predicted molar refractivity (Wildman–Crippen MR) is 96.2 cm³/mol. The van der Waals surface area contributed by atoms with Crippen LogP contribution in [0.25, 0.3) is 0 Å². The minimum Gasteiger partial charge on any atom is -0.348 e. The molecule has 2 aromatic heterocycles. The molecule has 3 rings (SSSR count). The van der Waals surface area contributed by atoms with Gasteiger partial charge in [0.05, 0.1) is 6.33 Å². The molecule has 0 aliphatic carbocycles. The summed E-state index contributed by atoms with van der Waals surface area (Å²) in [4.78, 5) is 16.6. The number of imidazole rings is 1. The van der Waals surface area contributed by atoms with Crippen LogP contribution in [0.3, 0.4) is 0 Å². The fourth-order valence-electron chi connectivity index (χ4n) is 3.01. The summed E-state index contributed by atoms with van der Waals surface area (Å²) < 4.78 is 0. The Hall–Kier alpha value is -2.49. The van der Waals surface area contributed by atoms with Crippen LogP contribution in [0.2, 0.25) is 0 Å². The van der Waals surface area contributed by atoms with Gasteiger partial charge in [-0.25, -0.2) is 15.0 Å². The molecule has 0 fully saturated rings. The molecule has 24 heavy (non-hydrogen) atoms. The number of nitrogens with zero attached hydrogens (tertiary/aromatic N) is 3. The standard InChI is InChI=1S/C20H24N4/c1-13(2)20-22-9-8-16(24-20)10-18(19-11-21-12-23-19)17-7-5-6-14(3)15(17)4/h5-9,11-13,18H,10H2,1-4H3,(H,21,23). The summed E-state index contributed by atoms with van der Waals surface area (Å²) in [6, 6.07) is 8.50. The Kier molecular flexibility index (Phi) is 4.74. The largest absolute Gasteiger partial charge is 0.348 e. The van der Waals surface area contributed by atoms with Gasteiger partial charge in [-0.05, 0) is 36.6 Å². The van der Waals surface area contributed by atoms with Crippen LogP contribution < -0.4 is 0 Å². The molecule has 4 heteroatoms. The number of benzene rings is 1. The van der Waals surface area contributed by atoms with Gasteiger partial charge < -0.3 is 4.98 Å². The summed E-state index contributed by atoms with van der Waals surface area (Å²) in [6.45, 7) is 8.59. The van der Waals surface area contributed by atoms with Gasteiger partial charge in [0, 0.05) is 42.0 Å². The maximum atomic E-state index is 4.75. The molecule has 124 valence electrons. The lowest BCUT2D eigenvalue weighted by Crippen LogP contribution is -2.10. The quantitative estimate of drug-likeness (QED) is 0.762. The van der Waals surface area contributed by atoms with Gasteiger partial charge in [0.2, 0.25) is 0 Å². The highest BCUT2D eigenvalue weighted by Gasteiger charge is 2.20. The second-order valence-corrected chi connectivity index (χ2v) is 6.61. The number of aromatic nitrogens is 4. The van der Waals surface area contributed by atoms with Crippen LogP contribution in [0, 0.1) is 13.8 Å². The molecule has 1 aromatic carbocycles. The summed E-state index contributed by atoms with van der Waals surface area (Å²) in [5.41, 5.74) is 6.14. The van der Waals surface area contributed by atoms with Gasteiger partial charge in [0.15, 0.2) is 0 Å². The van der Waals surface area contributed by atoms with E-state index in [1.54, 1.807) is 6.33 Å². The van der Waals surface area contributed by atoms with Gasteiger partial charge in [0.1, 0.15) is 5.82 Å². The van der Waals surface area contributed by atoms with E-state index in [1.807, 2.05) is 18.5 Å². The molecule has 0 saturated carbocycles. The first-order valence-electron chi connectivity index (χ1n) is 8.42. The first-order chi connectivity index (χ1) is 11.6. The summed E-state index contributed by atoms with van der Waals surface area (Å²) in [5.74, 6) is 1.44. The lowest BCUT2D eigenvalue weighted by Gasteiger charge is -2.19. The molecular formula is C20H24N4. The van der Waals surface area contributed by atoms with E-state index in [0.717, 1.165) is 23.6 Å². The average Bonchev–Trinajstić information content (AvgIpc) is 3.10. The fraction of sp³-hybridized carbons (Fsp3) is 0.350. The molecular weight excluding hydrogens is 296 g/mol. The van der Waals surface area contributed by atoms with Crippen LogP contribution in [0.15, 0.2) is 43.0 Å². The van der Waals surface area contributed by atoms with Crippen molar-refractivity contribution in [2.75, 3.05) is 0 Å². The Bertz CT molecular complexity index is 806. The Morgan fingerprint density at radius 2 is 1.96 bits per heavy atom. The topological polar surface area (TPSA) is 54.5 Å². The molecule has 0 saturated heterocycles. The highest BCUT2D eigenvalue weighted by molar-refractivity contribution is 5.40. The van der Waals surface area contributed by atoms with E-state index in [0.29, 0.717) is 5.92 Å². The summed E-state index contributed by atoms with van der Waals surface area (Å²) in [7, 11) is 0. The molecule has 0 aliphatic heterocycles. The Morgan fingerprint density at radius 3 is 2.67 bits per heavy atom. The van der Waals surface area contributed by atoms with Crippen molar-refractivity contribution in [3.63, 3.8) is 0 Å². The van der Waals surface area contributed by atoms with Crippen LogP contribution in [0.4, 0.5) is 0 Å². The fourth-order valence-corrected chi connectivity index (χ4v) is 3.01. The zero-order valence-corrected chi connectivity index (χ0v) is 14.7. The molecule has 4 nitrogen and oxygen atoms in total. The molecule has 1 N–H and O–H groups in total. The molecule has 1 unspecified atom stereocenters. The molecule has 2 heterocycles. The third kappa shape index (κ3) is 3.37. The van der Waals surface area contributed by atoms with Crippen molar-refractivity contribution in [1.82, 2.24) is 19.9 Å². The van der Waals surface area contributed by atoms with Crippen molar-refractivity contribution in [3.8, 4) is 0 Å². The van der Waals surface area contributed by atoms with Crippen molar-refractivity contribution < 1.29 is 0 Å². The van der Waals surface area contributed by atoms with E-state index >= 15 is 0 Å². The smallest absolute Gasteiger partial charge is 0.131 e. The first-order valence-corrected chi connectivity index (χ1v) is 8.42. The first kappa shape index (κ1) is 16.4. The number of rotatable bonds is 5. The number of hydrogen-bond acceptors (Lipinski definition) is 3. The zero-order chi connectivity index (χ0) is 17.1.